The van der Waals surface area contributed by atoms with Gasteiger partial charge in [0.05, 0.1) is 17.7 Å². The SMILES string of the molecule is CC1(C)CN(c2ccnc3cc(N)ccc23)CCO1. The first kappa shape index (κ1) is 12.2. The smallest absolute Gasteiger partial charge is 0.0801 e. The summed E-state index contributed by atoms with van der Waals surface area (Å²) in [6.45, 7) is 6.80. The maximum Gasteiger partial charge on any atom is 0.0801 e. The van der Waals surface area contributed by atoms with Gasteiger partial charge in [0.2, 0.25) is 0 Å². The van der Waals surface area contributed by atoms with E-state index < -0.39 is 0 Å². The first-order chi connectivity index (χ1) is 9.05. The molecule has 1 aliphatic rings. The minimum absolute atomic E-state index is 0.109. The Morgan fingerprint density at radius 1 is 1.32 bits per heavy atom. The quantitative estimate of drug-likeness (QED) is 0.797. The molecule has 2 heterocycles. The van der Waals surface area contributed by atoms with Crippen molar-refractivity contribution in [2.24, 2.45) is 0 Å². The van der Waals surface area contributed by atoms with E-state index in [2.05, 4.69) is 35.9 Å². The lowest BCUT2D eigenvalue weighted by atomic mass is 10.1. The van der Waals surface area contributed by atoms with E-state index in [0.29, 0.717) is 0 Å². The fraction of sp³-hybridized carbons (Fsp3) is 0.400. The Kier molecular flexibility index (Phi) is 2.82. The Morgan fingerprint density at radius 2 is 2.16 bits per heavy atom. The third kappa shape index (κ3) is 2.36. The summed E-state index contributed by atoms with van der Waals surface area (Å²) in [4.78, 5) is 6.76. The van der Waals surface area contributed by atoms with Crippen molar-refractivity contribution in [2.45, 2.75) is 19.4 Å². The second kappa shape index (κ2) is 4.38. The lowest BCUT2D eigenvalue weighted by Gasteiger charge is -2.39. The lowest BCUT2D eigenvalue weighted by Crippen LogP contribution is -2.48. The molecule has 1 aliphatic heterocycles. The van der Waals surface area contributed by atoms with Gasteiger partial charge in [0.1, 0.15) is 0 Å². The number of hydrogen-bond donors (Lipinski definition) is 1. The molecule has 1 fully saturated rings. The van der Waals surface area contributed by atoms with Crippen LogP contribution in [0.4, 0.5) is 11.4 Å². The van der Waals surface area contributed by atoms with Gasteiger partial charge in [-0.05, 0) is 38.1 Å². The molecule has 0 spiro atoms. The van der Waals surface area contributed by atoms with Gasteiger partial charge >= 0.3 is 0 Å². The normalized spacial score (nSPS) is 18.7. The molecule has 2 N–H and O–H groups in total. The minimum Gasteiger partial charge on any atom is -0.399 e. The number of hydrogen-bond acceptors (Lipinski definition) is 4. The molecule has 1 saturated heterocycles. The molecule has 0 unspecified atom stereocenters. The molecule has 0 bridgehead atoms. The number of nitrogens with two attached hydrogens (primary N) is 1. The Labute approximate surface area is 113 Å². The molecule has 100 valence electrons. The van der Waals surface area contributed by atoms with Crippen molar-refractivity contribution in [1.82, 2.24) is 4.98 Å². The Bertz CT molecular complexity index is 609. The van der Waals surface area contributed by atoms with Crippen molar-refractivity contribution >= 4 is 22.3 Å². The van der Waals surface area contributed by atoms with E-state index in [9.17, 15) is 0 Å². The zero-order valence-corrected chi connectivity index (χ0v) is 11.4. The summed E-state index contributed by atoms with van der Waals surface area (Å²) in [5, 5.41) is 1.15. The van der Waals surface area contributed by atoms with Crippen molar-refractivity contribution in [3.63, 3.8) is 0 Å². The number of benzene rings is 1. The summed E-state index contributed by atoms with van der Waals surface area (Å²) in [7, 11) is 0. The summed E-state index contributed by atoms with van der Waals surface area (Å²) in [6, 6.07) is 7.97. The molecular formula is C15H19N3O. The van der Waals surface area contributed by atoms with Crippen molar-refractivity contribution < 1.29 is 4.74 Å². The van der Waals surface area contributed by atoms with Crippen molar-refractivity contribution in [2.75, 3.05) is 30.3 Å². The van der Waals surface area contributed by atoms with E-state index in [-0.39, 0.29) is 5.60 Å². The zero-order chi connectivity index (χ0) is 13.5. The van der Waals surface area contributed by atoms with Gasteiger partial charge in [0.25, 0.3) is 0 Å². The van der Waals surface area contributed by atoms with Crippen molar-refractivity contribution in [1.29, 1.82) is 0 Å². The van der Waals surface area contributed by atoms with E-state index in [1.54, 1.807) is 0 Å². The van der Waals surface area contributed by atoms with Gasteiger partial charge in [-0.1, -0.05) is 0 Å². The number of nitrogen functional groups attached to an aromatic ring is 1. The molecular weight excluding hydrogens is 238 g/mol. The van der Waals surface area contributed by atoms with Gasteiger partial charge in [0.15, 0.2) is 0 Å². The molecule has 4 heteroatoms. The van der Waals surface area contributed by atoms with Crippen LogP contribution < -0.4 is 10.6 Å². The average Bonchev–Trinajstić information content (AvgIpc) is 2.36. The van der Waals surface area contributed by atoms with E-state index in [1.807, 2.05) is 18.3 Å². The monoisotopic (exact) mass is 257 g/mol. The number of fused-ring (bicyclic) bond motifs is 1. The molecule has 1 aromatic carbocycles. The average molecular weight is 257 g/mol. The predicted molar refractivity (Wildman–Crippen MR) is 78.4 cm³/mol. The first-order valence-corrected chi connectivity index (χ1v) is 6.58. The van der Waals surface area contributed by atoms with Gasteiger partial charge in [-0.25, -0.2) is 0 Å². The highest BCUT2D eigenvalue weighted by Crippen LogP contribution is 2.29. The first-order valence-electron chi connectivity index (χ1n) is 6.58. The van der Waals surface area contributed by atoms with Gasteiger partial charge in [0, 0.05) is 36.0 Å². The fourth-order valence-corrected chi connectivity index (χ4v) is 2.65. The Balaban J connectivity index is 2.05. The molecule has 19 heavy (non-hydrogen) atoms. The molecule has 0 amide bonds. The fourth-order valence-electron chi connectivity index (χ4n) is 2.65. The number of ether oxygens (including phenoxy) is 1. The lowest BCUT2D eigenvalue weighted by molar-refractivity contribution is -0.0276. The van der Waals surface area contributed by atoms with Crippen molar-refractivity contribution in [3.05, 3.63) is 30.5 Å². The summed E-state index contributed by atoms with van der Waals surface area (Å²) in [6.07, 6.45) is 1.85. The number of pyridine rings is 1. The summed E-state index contributed by atoms with van der Waals surface area (Å²) in [5.41, 5.74) is 8.62. The van der Waals surface area contributed by atoms with Crippen molar-refractivity contribution in [3.8, 4) is 0 Å². The summed E-state index contributed by atoms with van der Waals surface area (Å²) < 4.78 is 5.77. The maximum atomic E-state index is 5.82. The number of rotatable bonds is 1. The van der Waals surface area contributed by atoms with Crippen LogP contribution in [0.15, 0.2) is 30.5 Å². The zero-order valence-electron chi connectivity index (χ0n) is 11.4. The third-order valence-electron chi connectivity index (χ3n) is 3.51. The van der Waals surface area contributed by atoms with E-state index in [4.69, 9.17) is 10.5 Å². The standard InChI is InChI=1S/C15H19N3O/c1-15(2)10-18(7-8-19-15)14-5-6-17-13-9-11(16)3-4-12(13)14/h3-6,9H,7-8,10,16H2,1-2H3. The summed E-state index contributed by atoms with van der Waals surface area (Å²) >= 11 is 0. The highest BCUT2D eigenvalue weighted by molar-refractivity contribution is 5.93. The van der Waals surface area contributed by atoms with E-state index >= 15 is 0 Å². The van der Waals surface area contributed by atoms with Crippen LogP contribution in [0.3, 0.4) is 0 Å². The minimum atomic E-state index is -0.109. The van der Waals surface area contributed by atoms with E-state index in [1.165, 1.54) is 5.69 Å². The number of morpholine rings is 1. The molecule has 1 aromatic heterocycles. The largest absolute Gasteiger partial charge is 0.399 e. The van der Waals surface area contributed by atoms with Crippen LogP contribution in [0.2, 0.25) is 0 Å². The topological polar surface area (TPSA) is 51.4 Å². The molecule has 0 aliphatic carbocycles. The molecule has 0 saturated carbocycles. The maximum absolute atomic E-state index is 5.82. The van der Waals surface area contributed by atoms with Crippen LogP contribution in [0.25, 0.3) is 10.9 Å². The van der Waals surface area contributed by atoms with Crippen LogP contribution in [0.5, 0.6) is 0 Å². The number of aromatic nitrogens is 1. The molecule has 2 aromatic rings. The molecule has 0 radical (unpaired) electrons. The summed E-state index contributed by atoms with van der Waals surface area (Å²) in [5.74, 6) is 0. The molecule has 3 rings (SSSR count). The van der Waals surface area contributed by atoms with Gasteiger partial charge in [-0.3, -0.25) is 4.98 Å². The second-order valence-corrected chi connectivity index (χ2v) is 5.64. The van der Waals surface area contributed by atoms with Crippen LogP contribution in [-0.2, 0) is 4.74 Å². The van der Waals surface area contributed by atoms with Crippen LogP contribution in [0.1, 0.15) is 13.8 Å². The van der Waals surface area contributed by atoms with Crippen LogP contribution in [0, 0.1) is 0 Å². The molecule has 4 nitrogen and oxygen atoms in total. The highest BCUT2D eigenvalue weighted by Gasteiger charge is 2.28. The number of nitrogens with zero attached hydrogens (tertiary/aromatic N) is 2. The Hall–Kier alpha value is -1.81. The predicted octanol–water partition coefficient (Wildman–Crippen LogP) is 2.43. The van der Waals surface area contributed by atoms with Gasteiger partial charge < -0.3 is 15.4 Å². The third-order valence-corrected chi connectivity index (χ3v) is 3.51. The second-order valence-electron chi connectivity index (χ2n) is 5.64. The van der Waals surface area contributed by atoms with Gasteiger partial charge in [-0.15, -0.1) is 0 Å². The number of anilines is 2. The van der Waals surface area contributed by atoms with E-state index in [0.717, 1.165) is 36.3 Å². The van der Waals surface area contributed by atoms with Crippen LogP contribution in [-0.4, -0.2) is 30.3 Å². The van der Waals surface area contributed by atoms with Gasteiger partial charge in [-0.2, -0.15) is 0 Å². The van der Waals surface area contributed by atoms with Crippen LogP contribution >= 0.6 is 0 Å². The highest BCUT2D eigenvalue weighted by atomic mass is 16.5. The molecule has 0 atom stereocenters. The Morgan fingerprint density at radius 3 is 2.95 bits per heavy atom.